The quantitative estimate of drug-likeness (QED) is 0.876. The molecule has 0 aliphatic rings. The molecule has 0 bridgehead atoms. The summed E-state index contributed by atoms with van der Waals surface area (Å²) in [6, 6.07) is 5.61. The molecular weight excluding hydrogens is 231 g/mol. The van der Waals surface area contributed by atoms with Crippen molar-refractivity contribution in [2.24, 2.45) is 0 Å². The van der Waals surface area contributed by atoms with Crippen LogP contribution in [0.15, 0.2) is 36.7 Å². The van der Waals surface area contributed by atoms with Crippen LogP contribution < -0.4 is 5.32 Å². The van der Waals surface area contributed by atoms with Crippen LogP contribution in [0.4, 0.5) is 18.9 Å². The van der Waals surface area contributed by atoms with Gasteiger partial charge in [0, 0.05) is 25.1 Å². The summed E-state index contributed by atoms with van der Waals surface area (Å²) in [5.74, 6) is 0. The van der Waals surface area contributed by atoms with Gasteiger partial charge in [0.15, 0.2) is 0 Å². The van der Waals surface area contributed by atoms with E-state index in [0.717, 1.165) is 6.07 Å². The van der Waals surface area contributed by atoms with Gasteiger partial charge >= 0.3 is 6.18 Å². The van der Waals surface area contributed by atoms with Gasteiger partial charge in [0.05, 0.1) is 11.3 Å². The summed E-state index contributed by atoms with van der Waals surface area (Å²) in [7, 11) is 1.57. The first-order valence-corrected chi connectivity index (χ1v) is 4.91. The topological polar surface area (TPSA) is 29.9 Å². The van der Waals surface area contributed by atoms with Crippen molar-refractivity contribution in [3.05, 3.63) is 42.2 Å². The highest BCUT2D eigenvalue weighted by molar-refractivity contribution is 5.54. The Bertz CT molecular complexity index is 503. The van der Waals surface area contributed by atoms with Gasteiger partial charge in [-0.3, -0.25) is 0 Å². The largest absolute Gasteiger partial charge is 0.418 e. The third-order valence-corrected chi connectivity index (χ3v) is 2.34. The van der Waals surface area contributed by atoms with Crippen molar-refractivity contribution in [2.45, 2.75) is 6.18 Å². The number of halogens is 3. The fraction of sp³-hybridized carbons (Fsp3) is 0.182. The summed E-state index contributed by atoms with van der Waals surface area (Å²) < 4.78 is 39.9. The number of alkyl halides is 3. The zero-order valence-corrected chi connectivity index (χ0v) is 8.99. The van der Waals surface area contributed by atoms with Gasteiger partial charge < -0.3 is 5.32 Å². The molecule has 0 atom stereocenters. The molecule has 0 saturated heterocycles. The second-order valence-corrected chi connectivity index (χ2v) is 3.43. The van der Waals surface area contributed by atoms with Crippen molar-refractivity contribution in [3.63, 3.8) is 0 Å². The highest BCUT2D eigenvalue weighted by Crippen LogP contribution is 2.35. The molecule has 1 N–H and O–H groups in total. The van der Waals surface area contributed by atoms with E-state index in [4.69, 9.17) is 0 Å². The van der Waals surface area contributed by atoms with Crippen molar-refractivity contribution in [3.8, 4) is 5.69 Å². The number of nitrogens with one attached hydrogen (secondary N) is 1. The van der Waals surface area contributed by atoms with Crippen LogP contribution >= 0.6 is 0 Å². The SMILES string of the molecule is CNc1ccc(-n2cccn2)c(C(F)(F)F)c1. The minimum Gasteiger partial charge on any atom is -0.388 e. The maximum Gasteiger partial charge on any atom is 0.418 e. The molecule has 0 radical (unpaired) electrons. The van der Waals surface area contributed by atoms with Crippen LogP contribution in [-0.2, 0) is 6.18 Å². The molecule has 1 aromatic carbocycles. The summed E-state index contributed by atoms with van der Waals surface area (Å²) in [5.41, 5.74) is -0.289. The standard InChI is InChI=1S/C11H10F3N3/c1-15-8-3-4-10(17-6-2-5-16-17)9(7-8)11(12,13)14/h2-7,15H,1H3. The maximum atomic E-state index is 12.9. The van der Waals surface area contributed by atoms with E-state index in [-0.39, 0.29) is 5.69 Å². The second-order valence-electron chi connectivity index (χ2n) is 3.43. The molecule has 6 heteroatoms. The Morgan fingerprint density at radius 3 is 2.59 bits per heavy atom. The number of anilines is 1. The lowest BCUT2D eigenvalue weighted by Gasteiger charge is -2.14. The van der Waals surface area contributed by atoms with E-state index in [0.29, 0.717) is 5.69 Å². The van der Waals surface area contributed by atoms with E-state index in [1.165, 1.54) is 23.1 Å². The first-order valence-electron chi connectivity index (χ1n) is 4.91. The normalized spacial score (nSPS) is 11.5. The zero-order chi connectivity index (χ0) is 12.5. The third kappa shape index (κ3) is 2.25. The van der Waals surface area contributed by atoms with Gasteiger partial charge in [-0.2, -0.15) is 18.3 Å². The molecule has 90 valence electrons. The Labute approximate surface area is 95.9 Å². The number of hydrogen-bond acceptors (Lipinski definition) is 2. The van der Waals surface area contributed by atoms with Gasteiger partial charge in [-0.1, -0.05) is 0 Å². The predicted octanol–water partition coefficient (Wildman–Crippen LogP) is 2.93. The van der Waals surface area contributed by atoms with Crippen molar-refractivity contribution >= 4 is 5.69 Å². The van der Waals surface area contributed by atoms with E-state index in [9.17, 15) is 13.2 Å². The van der Waals surface area contributed by atoms with Crippen LogP contribution in [0, 0.1) is 0 Å². The predicted molar refractivity (Wildman–Crippen MR) is 58.1 cm³/mol. The lowest BCUT2D eigenvalue weighted by Crippen LogP contribution is -2.11. The number of rotatable bonds is 2. The Morgan fingerprint density at radius 1 is 1.29 bits per heavy atom. The minimum atomic E-state index is -4.41. The molecule has 0 saturated carbocycles. The number of benzene rings is 1. The highest BCUT2D eigenvalue weighted by atomic mass is 19.4. The van der Waals surface area contributed by atoms with Crippen molar-refractivity contribution in [2.75, 3.05) is 12.4 Å². The van der Waals surface area contributed by atoms with Crippen molar-refractivity contribution in [1.29, 1.82) is 0 Å². The molecular formula is C11H10F3N3. The fourth-order valence-corrected chi connectivity index (χ4v) is 1.53. The highest BCUT2D eigenvalue weighted by Gasteiger charge is 2.34. The Kier molecular flexibility index (Phi) is 2.79. The van der Waals surface area contributed by atoms with E-state index >= 15 is 0 Å². The smallest absolute Gasteiger partial charge is 0.388 e. The molecule has 0 aliphatic heterocycles. The Morgan fingerprint density at radius 2 is 2.06 bits per heavy atom. The van der Waals surface area contributed by atoms with E-state index in [1.807, 2.05) is 0 Å². The average molecular weight is 241 g/mol. The van der Waals surface area contributed by atoms with Crippen LogP contribution in [-0.4, -0.2) is 16.8 Å². The molecule has 2 rings (SSSR count). The lowest BCUT2D eigenvalue weighted by molar-refractivity contribution is -0.137. The van der Waals surface area contributed by atoms with Crippen LogP contribution in [0.5, 0.6) is 0 Å². The molecule has 0 unspecified atom stereocenters. The molecule has 1 heterocycles. The van der Waals surface area contributed by atoms with E-state index in [1.54, 1.807) is 19.2 Å². The van der Waals surface area contributed by atoms with E-state index in [2.05, 4.69) is 10.4 Å². The summed E-state index contributed by atoms with van der Waals surface area (Å²) in [5, 5.41) is 6.49. The molecule has 0 fully saturated rings. The number of hydrogen-bond donors (Lipinski definition) is 1. The summed E-state index contributed by atoms with van der Waals surface area (Å²) in [6.07, 6.45) is -1.50. The van der Waals surface area contributed by atoms with Crippen LogP contribution in [0.1, 0.15) is 5.56 Å². The maximum absolute atomic E-state index is 12.9. The molecule has 0 aliphatic carbocycles. The van der Waals surface area contributed by atoms with Crippen molar-refractivity contribution < 1.29 is 13.2 Å². The summed E-state index contributed by atoms with van der Waals surface area (Å²) in [4.78, 5) is 0. The summed E-state index contributed by atoms with van der Waals surface area (Å²) in [6.45, 7) is 0. The lowest BCUT2D eigenvalue weighted by atomic mass is 10.1. The molecule has 0 spiro atoms. The van der Waals surface area contributed by atoms with Crippen molar-refractivity contribution in [1.82, 2.24) is 9.78 Å². The first-order chi connectivity index (χ1) is 8.02. The van der Waals surface area contributed by atoms with Gasteiger partial charge in [-0.15, -0.1) is 0 Å². The van der Waals surface area contributed by atoms with Gasteiger partial charge in [-0.05, 0) is 24.3 Å². The zero-order valence-electron chi connectivity index (χ0n) is 8.99. The first kappa shape index (κ1) is 11.5. The van der Waals surface area contributed by atoms with Gasteiger partial charge in [0.25, 0.3) is 0 Å². The Balaban J connectivity index is 2.59. The summed E-state index contributed by atoms with van der Waals surface area (Å²) >= 11 is 0. The monoisotopic (exact) mass is 241 g/mol. The average Bonchev–Trinajstić information content (AvgIpc) is 2.80. The number of aromatic nitrogens is 2. The minimum absolute atomic E-state index is 0.0153. The molecule has 1 aromatic heterocycles. The molecule has 0 amide bonds. The van der Waals surface area contributed by atoms with E-state index < -0.39 is 11.7 Å². The molecule has 3 nitrogen and oxygen atoms in total. The number of nitrogens with zero attached hydrogens (tertiary/aromatic N) is 2. The van der Waals surface area contributed by atoms with Gasteiger partial charge in [-0.25, -0.2) is 4.68 Å². The van der Waals surface area contributed by atoms with Crippen LogP contribution in [0.2, 0.25) is 0 Å². The van der Waals surface area contributed by atoms with Crippen LogP contribution in [0.25, 0.3) is 5.69 Å². The second kappa shape index (κ2) is 4.12. The van der Waals surface area contributed by atoms with Crippen LogP contribution in [0.3, 0.4) is 0 Å². The van der Waals surface area contributed by atoms with Gasteiger partial charge in [0.2, 0.25) is 0 Å². The fourth-order valence-electron chi connectivity index (χ4n) is 1.53. The molecule has 2 aromatic rings. The molecule has 17 heavy (non-hydrogen) atoms. The van der Waals surface area contributed by atoms with Gasteiger partial charge in [0.1, 0.15) is 0 Å². The third-order valence-electron chi connectivity index (χ3n) is 2.34. The Hall–Kier alpha value is -1.98.